The van der Waals surface area contributed by atoms with Crippen molar-refractivity contribution in [2.24, 2.45) is 0 Å². The molecule has 0 aliphatic heterocycles. The smallest absolute Gasteiger partial charge is 0.0668 e. The SMILES string of the molecule is CC(C)N(CC(O)CCCO)C(C)C.[Ac]. The molecule has 0 aliphatic carbocycles. The summed E-state index contributed by atoms with van der Waals surface area (Å²) in [5, 5.41) is 18.3. The van der Waals surface area contributed by atoms with Gasteiger partial charge in [-0.2, -0.15) is 0 Å². The van der Waals surface area contributed by atoms with Gasteiger partial charge in [-0.1, -0.05) is 0 Å². The van der Waals surface area contributed by atoms with Crippen molar-refractivity contribution in [2.75, 3.05) is 13.2 Å². The van der Waals surface area contributed by atoms with Gasteiger partial charge >= 0.3 is 0 Å². The standard InChI is InChI=1S/C11H25NO2.Ac/c1-9(2)12(10(3)4)8-11(14)6-5-7-13;/h9-11,13-14H,5-8H2,1-4H3;. The molecule has 0 aromatic carbocycles. The molecule has 1 radical (unpaired) electrons. The van der Waals surface area contributed by atoms with Crippen molar-refractivity contribution in [3.05, 3.63) is 0 Å². The molecule has 15 heavy (non-hydrogen) atoms. The van der Waals surface area contributed by atoms with Gasteiger partial charge in [0.05, 0.1) is 6.10 Å². The fourth-order valence-electron chi connectivity index (χ4n) is 1.68. The zero-order chi connectivity index (χ0) is 11.1. The van der Waals surface area contributed by atoms with Crippen molar-refractivity contribution < 1.29 is 54.3 Å². The molecule has 0 saturated carbocycles. The minimum Gasteiger partial charge on any atom is -0.396 e. The van der Waals surface area contributed by atoms with E-state index in [2.05, 4.69) is 32.6 Å². The monoisotopic (exact) mass is 430 g/mol. The first kappa shape index (κ1) is 18.7. The Kier molecular flexibility index (Phi) is 13.0. The predicted molar refractivity (Wildman–Crippen MR) is 59.3 cm³/mol. The molecular weight excluding hydrogens is 405 g/mol. The van der Waals surface area contributed by atoms with Gasteiger partial charge in [0.2, 0.25) is 0 Å². The van der Waals surface area contributed by atoms with E-state index in [1.807, 2.05) is 0 Å². The van der Waals surface area contributed by atoms with Gasteiger partial charge in [-0.05, 0) is 40.5 Å². The number of aliphatic hydroxyl groups excluding tert-OH is 2. The van der Waals surface area contributed by atoms with Crippen LogP contribution in [-0.2, 0) is 0 Å². The van der Waals surface area contributed by atoms with Gasteiger partial charge in [0.25, 0.3) is 0 Å². The molecule has 1 atom stereocenters. The van der Waals surface area contributed by atoms with Crippen molar-refractivity contribution in [2.45, 2.75) is 58.7 Å². The molecular formula is C11H25AcNO2. The molecule has 0 heterocycles. The van der Waals surface area contributed by atoms with E-state index in [1.54, 1.807) is 0 Å². The van der Waals surface area contributed by atoms with Crippen LogP contribution in [0.4, 0.5) is 0 Å². The molecule has 0 rings (SSSR count). The fraction of sp³-hybridized carbons (Fsp3) is 1.00. The maximum absolute atomic E-state index is 9.70. The van der Waals surface area contributed by atoms with Crippen LogP contribution in [0.2, 0.25) is 0 Å². The molecule has 0 fully saturated rings. The number of hydrogen-bond donors (Lipinski definition) is 2. The first-order valence-corrected chi connectivity index (χ1v) is 5.53. The van der Waals surface area contributed by atoms with Crippen LogP contribution in [0.15, 0.2) is 0 Å². The van der Waals surface area contributed by atoms with E-state index < -0.39 is 0 Å². The molecule has 1 unspecified atom stereocenters. The molecule has 0 saturated heterocycles. The van der Waals surface area contributed by atoms with Gasteiger partial charge in [0.1, 0.15) is 0 Å². The van der Waals surface area contributed by atoms with Crippen molar-refractivity contribution in [3.63, 3.8) is 0 Å². The van der Waals surface area contributed by atoms with Gasteiger partial charge in [-0.15, -0.1) is 0 Å². The van der Waals surface area contributed by atoms with E-state index in [0.717, 1.165) is 0 Å². The van der Waals surface area contributed by atoms with Crippen LogP contribution in [0.5, 0.6) is 0 Å². The van der Waals surface area contributed by atoms with Crippen LogP contribution >= 0.6 is 0 Å². The molecule has 2 N–H and O–H groups in total. The van der Waals surface area contributed by atoms with Crippen molar-refractivity contribution in [1.29, 1.82) is 0 Å². The van der Waals surface area contributed by atoms with Gasteiger partial charge < -0.3 is 10.2 Å². The second-order valence-electron chi connectivity index (χ2n) is 4.40. The van der Waals surface area contributed by atoms with Gasteiger partial charge in [-0.3, -0.25) is 4.90 Å². The normalized spacial score (nSPS) is 13.4. The molecule has 3 nitrogen and oxygen atoms in total. The molecule has 89 valence electrons. The molecule has 4 heteroatoms. The second-order valence-corrected chi connectivity index (χ2v) is 4.40. The van der Waals surface area contributed by atoms with Crippen LogP contribution in [0.1, 0.15) is 40.5 Å². The first-order valence-electron chi connectivity index (χ1n) is 5.53. The topological polar surface area (TPSA) is 43.7 Å². The molecule has 0 amide bonds. The Labute approximate surface area is 130 Å². The third-order valence-electron chi connectivity index (χ3n) is 2.44. The Hall–Kier alpha value is 1.32. The van der Waals surface area contributed by atoms with Crippen molar-refractivity contribution >= 4 is 0 Å². The first-order chi connectivity index (χ1) is 6.49. The zero-order valence-corrected chi connectivity index (χ0v) is 15.2. The van der Waals surface area contributed by atoms with E-state index in [4.69, 9.17) is 5.11 Å². The Morgan fingerprint density at radius 2 is 1.53 bits per heavy atom. The summed E-state index contributed by atoms with van der Waals surface area (Å²) in [5.41, 5.74) is 0. The van der Waals surface area contributed by atoms with Crippen LogP contribution in [-0.4, -0.2) is 46.5 Å². The number of aliphatic hydroxyl groups is 2. The van der Waals surface area contributed by atoms with Gasteiger partial charge in [-0.25, -0.2) is 0 Å². The summed E-state index contributed by atoms with van der Waals surface area (Å²) in [6, 6.07) is 0.914. The molecule has 0 aromatic rings. The van der Waals surface area contributed by atoms with Crippen molar-refractivity contribution in [3.8, 4) is 0 Å². The molecule has 0 aliphatic rings. The molecule has 0 spiro atoms. The summed E-state index contributed by atoms with van der Waals surface area (Å²) in [6.07, 6.45) is 1.06. The maximum Gasteiger partial charge on any atom is 0.0668 e. The summed E-state index contributed by atoms with van der Waals surface area (Å²) in [6.45, 7) is 9.42. The van der Waals surface area contributed by atoms with Gasteiger partial charge in [0.15, 0.2) is 0 Å². The largest absolute Gasteiger partial charge is 0.396 e. The Morgan fingerprint density at radius 1 is 1.07 bits per heavy atom. The summed E-state index contributed by atoms with van der Waals surface area (Å²) in [5.74, 6) is 0. The van der Waals surface area contributed by atoms with Crippen LogP contribution in [0.25, 0.3) is 0 Å². The maximum atomic E-state index is 9.70. The predicted octanol–water partition coefficient (Wildman–Crippen LogP) is 1.24. The van der Waals surface area contributed by atoms with Crippen molar-refractivity contribution in [1.82, 2.24) is 4.90 Å². The van der Waals surface area contributed by atoms with E-state index in [0.29, 0.717) is 31.5 Å². The van der Waals surface area contributed by atoms with Gasteiger partial charge in [0, 0.05) is 69.3 Å². The zero-order valence-electron chi connectivity index (χ0n) is 10.5. The Balaban J connectivity index is 0. The summed E-state index contributed by atoms with van der Waals surface area (Å²) in [7, 11) is 0. The number of rotatable bonds is 7. The molecule has 0 bridgehead atoms. The average molecular weight is 430 g/mol. The summed E-state index contributed by atoms with van der Waals surface area (Å²) < 4.78 is 0. The van der Waals surface area contributed by atoms with Crippen LogP contribution < -0.4 is 0 Å². The number of hydrogen-bond acceptors (Lipinski definition) is 3. The summed E-state index contributed by atoms with van der Waals surface area (Å²) >= 11 is 0. The van der Waals surface area contributed by atoms with E-state index in [-0.39, 0.29) is 56.8 Å². The number of nitrogens with zero attached hydrogens (tertiary/aromatic N) is 1. The van der Waals surface area contributed by atoms with E-state index in [9.17, 15) is 5.11 Å². The van der Waals surface area contributed by atoms with Crippen LogP contribution in [0.3, 0.4) is 0 Å². The minimum atomic E-state index is -0.313. The molecule has 0 aromatic heterocycles. The minimum absolute atomic E-state index is 0. The average Bonchev–Trinajstić information content (AvgIpc) is 2.09. The third-order valence-corrected chi connectivity index (χ3v) is 2.44. The van der Waals surface area contributed by atoms with Crippen LogP contribution in [0, 0.1) is 44.1 Å². The van der Waals surface area contributed by atoms with E-state index in [1.165, 1.54) is 0 Å². The second kappa shape index (κ2) is 10.5. The Bertz CT molecular complexity index is 135. The quantitative estimate of drug-likeness (QED) is 0.639. The fourth-order valence-corrected chi connectivity index (χ4v) is 1.68. The third kappa shape index (κ3) is 9.06. The summed E-state index contributed by atoms with van der Waals surface area (Å²) in [4.78, 5) is 2.27. The Morgan fingerprint density at radius 3 is 1.87 bits per heavy atom. The van der Waals surface area contributed by atoms with E-state index >= 15 is 0 Å².